The second kappa shape index (κ2) is 11.3. The highest BCUT2D eigenvalue weighted by Gasteiger charge is 2.33. The average Bonchev–Trinajstić information content (AvgIpc) is 3.59. The van der Waals surface area contributed by atoms with Gasteiger partial charge in [-0.25, -0.2) is 13.8 Å². The van der Waals surface area contributed by atoms with Crippen molar-refractivity contribution >= 4 is 27.5 Å². The Kier molecular flexibility index (Phi) is 7.83. The van der Waals surface area contributed by atoms with Crippen LogP contribution in [-0.4, -0.2) is 74.0 Å². The zero-order valence-electron chi connectivity index (χ0n) is 22.2. The summed E-state index contributed by atoms with van der Waals surface area (Å²) in [5.41, 5.74) is -0.394. The van der Waals surface area contributed by atoms with Crippen molar-refractivity contribution in [3.8, 4) is 10.8 Å². The first-order valence-corrected chi connectivity index (χ1v) is 13.5. The highest BCUT2D eigenvalue weighted by molar-refractivity contribution is 7.21. The summed E-state index contributed by atoms with van der Waals surface area (Å²) in [6, 6.07) is 2.97. The molecule has 1 aliphatic rings. The van der Waals surface area contributed by atoms with Crippen molar-refractivity contribution in [2.75, 3.05) is 33.9 Å². The SMILES string of the molecule is COc1ccc(F)cc1[C@H](Cn1c(=O)n(C2CCCN(C)C2=O)c(=O)c2c(C)c(-n3nccn3)sc21)OCCO. The van der Waals surface area contributed by atoms with Gasteiger partial charge < -0.3 is 19.5 Å². The van der Waals surface area contributed by atoms with Crippen LogP contribution in [0.1, 0.15) is 36.1 Å². The lowest BCUT2D eigenvalue weighted by atomic mass is 10.0. The van der Waals surface area contributed by atoms with Crippen molar-refractivity contribution in [3.63, 3.8) is 0 Å². The predicted octanol–water partition coefficient (Wildman–Crippen LogP) is 1.81. The second-order valence-electron chi connectivity index (χ2n) is 9.49. The molecule has 1 unspecified atom stereocenters. The van der Waals surface area contributed by atoms with Crippen LogP contribution < -0.4 is 16.0 Å². The first-order chi connectivity index (χ1) is 19.3. The van der Waals surface area contributed by atoms with E-state index in [1.54, 1.807) is 14.0 Å². The number of benzene rings is 1. The van der Waals surface area contributed by atoms with E-state index in [0.29, 0.717) is 46.1 Å². The van der Waals surface area contributed by atoms with Crippen molar-refractivity contribution in [1.82, 2.24) is 29.0 Å². The molecule has 1 N–H and O–H groups in total. The van der Waals surface area contributed by atoms with Crippen LogP contribution in [0.3, 0.4) is 0 Å². The fourth-order valence-corrected chi connectivity index (χ4v) is 6.33. The van der Waals surface area contributed by atoms with Gasteiger partial charge in [0.1, 0.15) is 33.5 Å². The van der Waals surface area contributed by atoms with Crippen molar-refractivity contribution < 1.29 is 23.8 Å². The summed E-state index contributed by atoms with van der Waals surface area (Å²) in [6.07, 6.45) is 3.03. The standard InChI is InChI=1S/C26H29FN6O6S/c1-15-21-23(36)32(18-5-4-10-30(2)22(18)35)26(37)31(25(21)40-24(15)33-28-8-9-29-33)14-20(39-12-11-34)17-13-16(27)6-7-19(17)38-3/h6-9,13,18,20,34H,4-5,10-12,14H2,1-3H3/t18?,20-/m0/s1. The predicted molar refractivity (Wildman–Crippen MR) is 145 cm³/mol. The summed E-state index contributed by atoms with van der Waals surface area (Å²) in [6.45, 7) is 1.71. The number of aromatic nitrogens is 5. The molecule has 1 amide bonds. The van der Waals surface area contributed by atoms with E-state index < -0.39 is 29.2 Å². The molecule has 4 heterocycles. The maximum Gasteiger partial charge on any atom is 0.332 e. The highest BCUT2D eigenvalue weighted by atomic mass is 32.1. The number of likely N-dealkylation sites (N-methyl/N-ethyl adjacent to an activating group) is 1. The number of thiophene rings is 1. The number of aliphatic hydroxyl groups is 1. The molecular weight excluding hydrogens is 543 g/mol. The molecule has 2 atom stereocenters. The van der Waals surface area contributed by atoms with Gasteiger partial charge in [-0.2, -0.15) is 10.2 Å². The van der Waals surface area contributed by atoms with E-state index in [1.807, 2.05) is 0 Å². The third-order valence-electron chi connectivity index (χ3n) is 7.06. The summed E-state index contributed by atoms with van der Waals surface area (Å²) in [5, 5.41) is 18.6. The maximum atomic E-state index is 14.4. The van der Waals surface area contributed by atoms with Crippen LogP contribution in [0.4, 0.5) is 4.39 Å². The molecule has 1 aromatic carbocycles. The third-order valence-corrected chi connectivity index (χ3v) is 8.34. The minimum atomic E-state index is -0.972. The Morgan fingerprint density at radius 3 is 2.67 bits per heavy atom. The molecule has 4 aromatic rings. The summed E-state index contributed by atoms with van der Waals surface area (Å²) in [5.74, 6) is -0.529. The molecule has 0 aliphatic carbocycles. The van der Waals surface area contributed by atoms with Crippen LogP contribution in [0.2, 0.25) is 0 Å². The van der Waals surface area contributed by atoms with Gasteiger partial charge in [-0.1, -0.05) is 11.3 Å². The number of piperidine rings is 1. The molecule has 3 aromatic heterocycles. The lowest BCUT2D eigenvalue weighted by molar-refractivity contribution is -0.136. The first kappa shape index (κ1) is 27.7. The normalized spacial score (nSPS) is 16.6. The van der Waals surface area contributed by atoms with Gasteiger partial charge in [-0.05, 0) is 38.0 Å². The van der Waals surface area contributed by atoms with Crippen molar-refractivity contribution in [1.29, 1.82) is 0 Å². The number of aliphatic hydroxyl groups excluding tert-OH is 1. The Bertz CT molecular complexity index is 1660. The van der Waals surface area contributed by atoms with Gasteiger partial charge in [0.05, 0.1) is 44.6 Å². The number of hydrogen-bond donors (Lipinski definition) is 1. The second-order valence-corrected chi connectivity index (χ2v) is 10.5. The monoisotopic (exact) mass is 572 g/mol. The van der Waals surface area contributed by atoms with Crippen LogP contribution in [0, 0.1) is 12.7 Å². The molecule has 0 spiro atoms. The number of rotatable bonds is 9. The number of nitrogens with zero attached hydrogens (tertiary/aromatic N) is 6. The van der Waals surface area contributed by atoms with Gasteiger partial charge in [0.2, 0.25) is 5.91 Å². The first-order valence-electron chi connectivity index (χ1n) is 12.7. The van der Waals surface area contributed by atoms with Crippen molar-refractivity contribution in [2.24, 2.45) is 0 Å². The fraction of sp³-hybridized carbons (Fsp3) is 0.423. The van der Waals surface area contributed by atoms with Gasteiger partial charge in [-0.15, -0.1) is 4.80 Å². The van der Waals surface area contributed by atoms with Gasteiger partial charge in [0.15, 0.2) is 0 Å². The van der Waals surface area contributed by atoms with Crippen LogP contribution in [0.25, 0.3) is 15.2 Å². The molecule has 0 radical (unpaired) electrons. The summed E-state index contributed by atoms with van der Waals surface area (Å²) < 4.78 is 28.1. The summed E-state index contributed by atoms with van der Waals surface area (Å²) >= 11 is 1.15. The Labute approximate surface area is 231 Å². The van der Waals surface area contributed by atoms with E-state index in [4.69, 9.17) is 9.47 Å². The maximum absolute atomic E-state index is 14.4. The third kappa shape index (κ3) is 4.82. The largest absolute Gasteiger partial charge is 0.496 e. The minimum Gasteiger partial charge on any atom is -0.496 e. The van der Waals surface area contributed by atoms with E-state index in [1.165, 1.54) is 52.0 Å². The molecule has 40 heavy (non-hydrogen) atoms. The lowest BCUT2D eigenvalue weighted by Crippen LogP contribution is -2.49. The Morgan fingerprint density at radius 2 is 1.98 bits per heavy atom. The van der Waals surface area contributed by atoms with Gasteiger partial charge in [0, 0.05) is 24.7 Å². The lowest BCUT2D eigenvalue weighted by Gasteiger charge is -2.30. The zero-order chi connectivity index (χ0) is 28.6. The minimum absolute atomic E-state index is 0.0975. The number of carbonyl (C=O) groups is 1. The highest BCUT2D eigenvalue weighted by Crippen LogP contribution is 2.34. The Morgan fingerprint density at radius 1 is 1.23 bits per heavy atom. The molecular formula is C26H29FN6O6S. The Hall–Kier alpha value is -3.88. The molecule has 12 nitrogen and oxygen atoms in total. The van der Waals surface area contributed by atoms with E-state index >= 15 is 0 Å². The van der Waals surface area contributed by atoms with E-state index in [-0.39, 0.29) is 31.1 Å². The van der Waals surface area contributed by atoms with Crippen LogP contribution in [-0.2, 0) is 16.1 Å². The fourth-order valence-electron chi connectivity index (χ4n) is 5.11. The van der Waals surface area contributed by atoms with Gasteiger partial charge in [0.25, 0.3) is 5.56 Å². The number of ether oxygens (including phenoxy) is 2. The van der Waals surface area contributed by atoms with E-state index in [2.05, 4.69) is 10.2 Å². The topological polar surface area (TPSA) is 134 Å². The molecule has 1 aliphatic heterocycles. The quantitative estimate of drug-likeness (QED) is 0.321. The number of aryl methyl sites for hydroxylation is 1. The van der Waals surface area contributed by atoms with Crippen molar-refractivity contribution in [2.45, 2.75) is 38.5 Å². The molecule has 0 saturated carbocycles. The molecule has 5 rings (SSSR count). The van der Waals surface area contributed by atoms with Crippen LogP contribution in [0.15, 0.2) is 40.2 Å². The van der Waals surface area contributed by atoms with Crippen LogP contribution in [0.5, 0.6) is 5.75 Å². The summed E-state index contributed by atoms with van der Waals surface area (Å²) in [4.78, 5) is 44.4. The zero-order valence-corrected chi connectivity index (χ0v) is 23.1. The molecule has 0 bridgehead atoms. The molecule has 1 fully saturated rings. The molecule has 1 saturated heterocycles. The number of fused-ring (bicyclic) bond motifs is 1. The average molecular weight is 573 g/mol. The number of carbonyl (C=O) groups excluding carboxylic acids is 1. The van der Waals surface area contributed by atoms with E-state index in [9.17, 15) is 23.9 Å². The number of amides is 1. The summed E-state index contributed by atoms with van der Waals surface area (Å²) in [7, 11) is 3.07. The number of methoxy groups -OCH3 is 1. The Balaban J connectivity index is 1.77. The van der Waals surface area contributed by atoms with Crippen LogP contribution >= 0.6 is 11.3 Å². The molecule has 212 valence electrons. The number of halogens is 1. The molecule has 14 heteroatoms. The van der Waals surface area contributed by atoms with Gasteiger partial charge in [-0.3, -0.25) is 14.2 Å². The smallest absolute Gasteiger partial charge is 0.332 e. The van der Waals surface area contributed by atoms with E-state index in [0.717, 1.165) is 15.9 Å². The van der Waals surface area contributed by atoms with Gasteiger partial charge >= 0.3 is 5.69 Å². The van der Waals surface area contributed by atoms with Crippen molar-refractivity contribution in [3.05, 3.63) is 68.4 Å². The number of hydrogen-bond acceptors (Lipinski definition) is 9. The number of likely N-dealkylation sites (tertiary alicyclic amines) is 1.